The molecule has 0 saturated heterocycles. The summed E-state index contributed by atoms with van der Waals surface area (Å²) in [6.45, 7) is 0. The Balaban J connectivity index is 1.80. The second-order valence-electron chi connectivity index (χ2n) is 5.05. The Labute approximate surface area is 143 Å². The van der Waals surface area contributed by atoms with E-state index in [0.717, 1.165) is 4.68 Å². The predicted molar refractivity (Wildman–Crippen MR) is 92.9 cm³/mol. The lowest BCUT2D eigenvalue weighted by Gasteiger charge is -2.08. The zero-order valence-electron chi connectivity index (χ0n) is 13.6. The monoisotopic (exact) mass is 343 g/mol. The molecule has 3 aromatic rings. The zero-order chi connectivity index (χ0) is 17.8. The zero-order valence-corrected chi connectivity index (χ0v) is 13.6. The van der Waals surface area contributed by atoms with Gasteiger partial charge >= 0.3 is 5.76 Å². The topological polar surface area (TPSA) is 97.9 Å². The van der Waals surface area contributed by atoms with Crippen molar-refractivity contribution in [3.05, 3.63) is 59.1 Å². The highest BCUT2D eigenvalue weighted by atomic mass is 16.5. The van der Waals surface area contributed by atoms with Crippen LogP contribution in [-0.2, 0) is 0 Å². The minimum Gasteiger partial charge on any atom is -0.497 e. The number of aromatic hydroxyl groups is 1. The van der Waals surface area contributed by atoms with Gasteiger partial charge in [-0.2, -0.15) is 0 Å². The van der Waals surface area contributed by atoms with Gasteiger partial charge in [0, 0.05) is 5.69 Å². The molecule has 0 radical (unpaired) electrons. The minimum absolute atomic E-state index is 0.0730. The SMILES string of the molecule is COc1ccc(Nc2oc(=O)n(Nc3ccc(OC)cc3)c2O)cc1. The van der Waals surface area contributed by atoms with Gasteiger partial charge in [-0.1, -0.05) is 0 Å². The number of nitrogens with zero attached hydrogens (tertiary/aromatic N) is 1. The van der Waals surface area contributed by atoms with Crippen LogP contribution in [0, 0.1) is 0 Å². The van der Waals surface area contributed by atoms with Crippen LogP contribution in [0.3, 0.4) is 0 Å². The molecule has 0 saturated carbocycles. The van der Waals surface area contributed by atoms with E-state index < -0.39 is 5.76 Å². The van der Waals surface area contributed by atoms with E-state index in [9.17, 15) is 9.90 Å². The maximum atomic E-state index is 12.0. The Morgan fingerprint density at radius 2 is 1.44 bits per heavy atom. The van der Waals surface area contributed by atoms with Crippen LogP contribution in [0.5, 0.6) is 17.4 Å². The Morgan fingerprint density at radius 1 is 0.920 bits per heavy atom. The van der Waals surface area contributed by atoms with Gasteiger partial charge in [-0.15, -0.1) is 4.68 Å². The molecule has 0 atom stereocenters. The molecule has 0 fully saturated rings. The fraction of sp³-hybridized carbons (Fsp3) is 0.118. The van der Waals surface area contributed by atoms with Crippen LogP contribution in [-0.4, -0.2) is 24.0 Å². The van der Waals surface area contributed by atoms with Gasteiger partial charge in [0.15, 0.2) is 0 Å². The molecule has 8 nitrogen and oxygen atoms in total. The molecule has 3 rings (SSSR count). The molecule has 130 valence electrons. The van der Waals surface area contributed by atoms with Crippen molar-refractivity contribution in [3.8, 4) is 17.4 Å². The number of nitrogens with one attached hydrogen (secondary N) is 2. The van der Waals surface area contributed by atoms with Crippen molar-refractivity contribution in [2.75, 3.05) is 25.0 Å². The Kier molecular flexibility index (Phi) is 4.51. The molecule has 0 bridgehead atoms. The fourth-order valence-electron chi connectivity index (χ4n) is 2.15. The van der Waals surface area contributed by atoms with Crippen molar-refractivity contribution in [1.82, 2.24) is 4.68 Å². The number of ether oxygens (including phenoxy) is 2. The lowest BCUT2D eigenvalue weighted by molar-refractivity contribution is 0.414. The van der Waals surface area contributed by atoms with E-state index >= 15 is 0 Å². The van der Waals surface area contributed by atoms with Crippen molar-refractivity contribution in [1.29, 1.82) is 0 Å². The van der Waals surface area contributed by atoms with Gasteiger partial charge in [0.2, 0.25) is 0 Å². The van der Waals surface area contributed by atoms with E-state index in [1.807, 2.05) is 0 Å². The summed E-state index contributed by atoms with van der Waals surface area (Å²) in [4.78, 5) is 12.0. The molecule has 8 heteroatoms. The summed E-state index contributed by atoms with van der Waals surface area (Å²) in [5.74, 6) is 0.156. The second kappa shape index (κ2) is 6.91. The third kappa shape index (κ3) is 3.52. The number of benzene rings is 2. The third-order valence-electron chi connectivity index (χ3n) is 3.47. The number of oxazole rings is 1. The summed E-state index contributed by atoms with van der Waals surface area (Å²) in [7, 11) is 3.13. The summed E-state index contributed by atoms with van der Waals surface area (Å²) >= 11 is 0. The van der Waals surface area contributed by atoms with E-state index in [1.54, 1.807) is 62.8 Å². The molecular formula is C17H17N3O5. The van der Waals surface area contributed by atoms with Crippen LogP contribution in [0.4, 0.5) is 17.3 Å². The molecule has 0 amide bonds. The second-order valence-corrected chi connectivity index (χ2v) is 5.05. The number of anilines is 3. The normalized spacial score (nSPS) is 10.3. The molecule has 0 spiro atoms. The molecular weight excluding hydrogens is 326 g/mol. The van der Waals surface area contributed by atoms with Gasteiger partial charge in [0.05, 0.1) is 19.9 Å². The van der Waals surface area contributed by atoms with E-state index in [1.165, 1.54) is 0 Å². The highest BCUT2D eigenvalue weighted by molar-refractivity contribution is 5.60. The lowest BCUT2D eigenvalue weighted by Crippen LogP contribution is -2.21. The molecule has 0 unspecified atom stereocenters. The van der Waals surface area contributed by atoms with E-state index in [-0.39, 0.29) is 11.8 Å². The quantitative estimate of drug-likeness (QED) is 0.633. The maximum Gasteiger partial charge on any atom is 0.443 e. The Hall–Kier alpha value is -3.55. The average Bonchev–Trinajstić information content (AvgIpc) is 2.90. The van der Waals surface area contributed by atoms with Crippen molar-refractivity contribution in [3.63, 3.8) is 0 Å². The summed E-state index contributed by atoms with van der Waals surface area (Å²) < 4.78 is 16.1. The van der Waals surface area contributed by atoms with Crippen molar-refractivity contribution in [2.45, 2.75) is 0 Å². The van der Waals surface area contributed by atoms with Crippen LogP contribution >= 0.6 is 0 Å². The molecule has 0 aliphatic heterocycles. The first-order valence-corrected chi connectivity index (χ1v) is 7.37. The highest BCUT2D eigenvalue weighted by Crippen LogP contribution is 2.27. The maximum absolute atomic E-state index is 12.0. The minimum atomic E-state index is -0.760. The first-order valence-electron chi connectivity index (χ1n) is 7.37. The van der Waals surface area contributed by atoms with Crippen molar-refractivity contribution >= 4 is 17.3 Å². The predicted octanol–water partition coefficient (Wildman–Crippen LogP) is 2.78. The van der Waals surface area contributed by atoms with Crippen LogP contribution < -0.4 is 26.0 Å². The summed E-state index contributed by atoms with van der Waals surface area (Å²) in [6, 6.07) is 13.8. The van der Waals surface area contributed by atoms with Crippen molar-refractivity contribution in [2.24, 2.45) is 0 Å². The molecule has 1 heterocycles. The molecule has 1 aromatic heterocycles. The van der Waals surface area contributed by atoms with Gasteiger partial charge in [-0.05, 0) is 48.5 Å². The summed E-state index contributed by atoms with van der Waals surface area (Å²) in [5.41, 5.74) is 3.97. The Morgan fingerprint density at radius 3 is 1.96 bits per heavy atom. The van der Waals surface area contributed by atoms with E-state index in [4.69, 9.17) is 13.9 Å². The number of rotatable bonds is 6. The number of hydrogen-bond donors (Lipinski definition) is 3. The van der Waals surface area contributed by atoms with Gasteiger partial charge in [-0.3, -0.25) is 5.43 Å². The number of hydrogen-bond acceptors (Lipinski definition) is 7. The highest BCUT2D eigenvalue weighted by Gasteiger charge is 2.16. The molecule has 25 heavy (non-hydrogen) atoms. The smallest absolute Gasteiger partial charge is 0.443 e. The summed E-state index contributed by atoms with van der Waals surface area (Å²) in [5, 5.41) is 13.1. The van der Waals surface area contributed by atoms with Gasteiger partial charge in [0.1, 0.15) is 11.5 Å². The van der Waals surface area contributed by atoms with Gasteiger partial charge < -0.3 is 24.3 Å². The average molecular weight is 343 g/mol. The number of aromatic nitrogens is 1. The largest absolute Gasteiger partial charge is 0.497 e. The van der Waals surface area contributed by atoms with Crippen LogP contribution in [0.1, 0.15) is 0 Å². The number of methoxy groups -OCH3 is 2. The first kappa shape index (κ1) is 16.3. The van der Waals surface area contributed by atoms with Crippen LogP contribution in [0.15, 0.2) is 57.7 Å². The van der Waals surface area contributed by atoms with Crippen molar-refractivity contribution < 1.29 is 19.0 Å². The Bertz CT molecular complexity index is 898. The molecule has 0 aliphatic rings. The van der Waals surface area contributed by atoms with E-state index in [2.05, 4.69) is 10.7 Å². The van der Waals surface area contributed by atoms with Crippen LogP contribution in [0.2, 0.25) is 0 Å². The summed E-state index contributed by atoms with van der Waals surface area (Å²) in [6.07, 6.45) is 0. The van der Waals surface area contributed by atoms with Crippen LogP contribution in [0.25, 0.3) is 0 Å². The third-order valence-corrected chi connectivity index (χ3v) is 3.47. The van der Waals surface area contributed by atoms with Gasteiger partial charge in [0.25, 0.3) is 11.8 Å². The van der Waals surface area contributed by atoms with E-state index in [0.29, 0.717) is 22.9 Å². The van der Waals surface area contributed by atoms with Gasteiger partial charge in [-0.25, -0.2) is 4.79 Å². The molecule has 0 aliphatic carbocycles. The lowest BCUT2D eigenvalue weighted by atomic mass is 10.3. The molecule has 3 N–H and O–H groups in total. The standard InChI is InChI=1S/C17H17N3O5/c1-23-13-7-3-11(4-8-13)18-15-16(21)20(17(22)25-15)19-12-5-9-14(24-2)10-6-12/h3-10,18-19,21H,1-2H3. The fourth-order valence-corrected chi connectivity index (χ4v) is 2.15. The first-order chi connectivity index (χ1) is 12.1. The molecule has 2 aromatic carbocycles.